The van der Waals surface area contributed by atoms with Gasteiger partial charge in [-0.25, -0.2) is 4.79 Å². The number of hydrogen-bond donors (Lipinski definition) is 1. The van der Waals surface area contributed by atoms with Crippen molar-refractivity contribution in [2.45, 2.75) is 39.0 Å². The number of aromatic carboxylic acids is 1. The molecule has 1 aromatic heterocycles. The minimum atomic E-state index is -1.01. The smallest absolute Gasteiger partial charge is 0.341 e. The Bertz CT molecular complexity index is 724. The Morgan fingerprint density at radius 3 is 2.75 bits per heavy atom. The van der Waals surface area contributed by atoms with E-state index in [1.165, 1.54) is 0 Å². The monoisotopic (exact) mass is 330 g/mol. The molecule has 1 fully saturated rings. The zero-order valence-electron chi connectivity index (χ0n) is 14.2. The molecule has 1 N–H and O–H groups in total. The van der Waals surface area contributed by atoms with Crippen molar-refractivity contribution in [3.63, 3.8) is 0 Å². The third-order valence-electron chi connectivity index (χ3n) is 4.54. The Balaban J connectivity index is 1.83. The fourth-order valence-electron chi connectivity index (χ4n) is 3.02. The lowest BCUT2D eigenvalue weighted by molar-refractivity contribution is -0.105. The van der Waals surface area contributed by atoms with Crippen molar-refractivity contribution in [2.75, 3.05) is 13.2 Å². The third-order valence-corrected chi connectivity index (χ3v) is 4.54. The Labute approximate surface area is 141 Å². The minimum absolute atomic E-state index is 0.0412. The number of hydrogen-bond acceptors (Lipinski definition) is 5. The van der Waals surface area contributed by atoms with Crippen molar-refractivity contribution in [3.8, 4) is 0 Å². The van der Waals surface area contributed by atoms with Crippen LogP contribution in [0.15, 0.2) is 34.9 Å². The van der Waals surface area contributed by atoms with E-state index >= 15 is 0 Å². The second-order valence-electron chi connectivity index (χ2n) is 6.77. The predicted octanol–water partition coefficient (Wildman–Crippen LogP) is 3.03. The highest BCUT2D eigenvalue weighted by atomic mass is 16.5. The second-order valence-corrected chi connectivity index (χ2v) is 6.77. The molecule has 2 aromatic rings. The predicted molar refractivity (Wildman–Crippen MR) is 87.8 cm³/mol. The van der Waals surface area contributed by atoms with Crippen LogP contribution in [0.1, 0.15) is 47.3 Å². The van der Waals surface area contributed by atoms with E-state index in [0.29, 0.717) is 31.2 Å². The summed E-state index contributed by atoms with van der Waals surface area (Å²) in [5, 5.41) is 13.3. The number of benzene rings is 1. The van der Waals surface area contributed by atoms with Crippen LogP contribution in [0.25, 0.3) is 0 Å². The SMILES string of the molecule is Cc1onc(CN2CC(c3ccccc3)OCC2(C)C)c1C(=O)O. The number of carboxylic acid groups (broad SMARTS) is 1. The van der Waals surface area contributed by atoms with Crippen molar-refractivity contribution in [1.82, 2.24) is 10.1 Å². The first-order valence-electron chi connectivity index (χ1n) is 7.98. The van der Waals surface area contributed by atoms with E-state index in [9.17, 15) is 9.90 Å². The van der Waals surface area contributed by atoms with Gasteiger partial charge in [0, 0.05) is 18.6 Å². The van der Waals surface area contributed by atoms with Crippen molar-refractivity contribution in [3.05, 3.63) is 52.9 Å². The summed E-state index contributed by atoms with van der Waals surface area (Å²) in [5.74, 6) is -0.669. The summed E-state index contributed by atoms with van der Waals surface area (Å²) < 4.78 is 11.1. The molecular weight excluding hydrogens is 308 g/mol. The summed E-state index contributed by atoms with van der Waals surface area (Å²) in [7, 11) is 0. The zero-order valence-corrected chi connectivity index (χ0v) is 14.2. The fourth-order valence-corrected chi connectivity index (χ4v) is 3.02. The van der Waals surface area contributed by atoms with Crippen LogP contribution < -0.4 is 0 Å². The lowest BCUT2D eigenvalue weighted by Crippen LogP contribution is -2.53. The van der Waals surface area contributed by atoms with Crippen LogP contribution in [0.5, 0.6) is 0 Å². The molecule has 1 atom stereocenters. The molecule has 1 saturated heterocycles. The van der Waals surface area contributed by atoms with Gasteiger partial charge in [-0.15, -0.1) is 0 Å². The number of rotatable bonds is 4. The molecule has 0 aliphatic carbocycles. The molecule has 0 radical (unpaired) electrons. The number of carboxylic acids is 1. The average Bonchev–Trinajstić information content (AvgIpc) is 2.91. The van der Waals surface area contributed by atoms with Crippen molar-refractivity contribution < 1.29 is 19.2 Å². The average molecular weight is 330 g/mol. The van der Waals surface area contributed by atoms with Crippen LogP contribution in [0.2, 0.25) is 0 Å². The Hall–Kier alpha value is -2.18. The number of nitrogens with zero attached hydrogens (tertiary/aromatic N) is 2. The van der Waals surface area contributed by atoms with Crippen LogP contribution in [-0.2, 0) is 11.3 Å². The van der Waals surface area contributed by atoms with Gasteiger partial charge in [-0.2, -0.15) is 0 Å². The van der Waals surface area contributed by atoms with Crippen molar-refractivity contribution in [1.29, 1.82) is 0 Å². The van der Waals surface area contributed by atoms with Crippen LogP contribution in [0.3, 0.4) is 0 Å². The quantitative estimate of drug-likeness (QED) is 0.928. The molecule has 1 aliphatic heterocycles. The molecule has 24 heavy (non-hydrogen) atoms. The molecule has 0 saturated carbocycles. The molecule has 0 spiro atoms. The number of ether oxygens (including phenoxy) is 1. The normalized spacial score (nSPS) is 20.9. The van der Waals surface area contributed by atoms with Gasteiger partial charge in [0.05, 0.1) is 12.7 Å². The van der Waals surface area contributed by atoms with E-state index in [1.54, 1.807) is 6.92 Å². The Morgan fingerprint density at radius 1 is 1.38 bits per heavy atom. The molecule has 6 heteroatoms. The highest BCUT2D eigenvalue weighted by Gasteiger charge is 2.37. The lowest BCUT2D eigenvalue weighted by atomic mass is 9.97. The summed E-state index contributed by atoms with van der Waals surface area (Å²) >= 11 is 0. The molecule has 1 aromatic carbocycles. The highest BCUT2D eigenvalue weighted by molar-refractivity contribution is 5.89. The molecule has 2 heterocycles. The maximum absolute atomic E-state index is 11.4. The number of morpholine rings is 1. The molecule has 6 nitrogen and oxygen atoms in total. The van der Waals surface area contributed by atoms with Crippen LogP contribution in [-0.4, -0.2) is 39.8 Å². The second kappa shape index (κ2) is 6.37. The molecule has 0 bridgehead atoms. The van der Waals surface area contributed by atoms with E-state index < -0.39 is 5.97 Å². The Kier molecular flexibility index (Phi) is 4.43. The van der Waals surface area contributed by atoms with Crippen LogP contribution >= 0.6 is 0 Å². The molecule has 1 unspecified atom stereocenters. The van der Waals surface area contributed by atoms with Gasteiger partial charge < -0.3 is 14.4 Å². The fraction of sp³-hybridized carbons (Fsp3) is 0.444. The molecule has 128 valence electrons. The first-order chi connectivity index (χ1) is 11.4. The van der Waals surface area contributed by atoms with E-state index in [-0.39, 0.29) is 17.2 Å². The zero-order chi connectivity index (χ0) is 17.3. The van der Waals surface area contributed by atoms with E-state index in [4.69, 9.17) is 9.26 Å². The maximum atomic E-state index is 11.4. The summed E-state index contributed by atoms with van der Waals surface area (Å²) in [5.41, 5.74) is 1.52. The standard InChI is InChI=1S/C18H22N2O4/c1-12-16(17(21)22)14(19-24-12)9-20-10-15(23-11-18(20,2)3)13-7-5-4-6-8-13/h4-8,15H,9-11H2,1-3H3,(H,21,22). The number of aromatic nitrogens is 1. The van der Waals surface area contributed by atoms with Crippen molar-refractivity contribution >= 4 is 5.97 Å². The van der Waals surface area contributed by atoms with Crippen LogP contribution in [0.4, 0.5) is 0 Å². The summed E-state index contributed by atoms with van der Waals surface area (Å²) in [4.78, 5) is 13.7. The number of aryl methyl sites for hydroxylation is 1. The first-order valence-corrected chi connectivity index (χ1v) is 7.98. The maximum Gasteiger partial charge on any atom is 0.341 e. The van der Waals surface area contributed by atoms with Gasteiger partial charge in [0.2, 0.25) is 0 Å². The van der Waals surface area contributed by atoms with Gasteiger partial charge in [0.15, 0.2) is 0 Å². The summed E-state index contributed by atoms with van der Waals surface area (Å²) in [6, 6.07) is 10.1. The van der Waals surface area contributed by atoms with Crippen molar-refractivity contribution in [2.24, 2.45) is 0 Å². The van der Waals surface area contributed by atoms with Gasteiger partial charge >= 0.3 is 5.97 Å². The van der Waals surface area contributed by atoms with Gasteiger partial charge in [0.25, 0.3) is 0 Å². The third kappa shape index (κ3) is 3.20. The first kappa shape index (κ1) is 16.7. The van der Waals surface area contributed by atoms with E-state index in [0.717, 1.165) is 5.56 Å². The van der Waals surface area contributed by atoms with Crippen LogP contribution in [0, 0.1) is 6.92 Å². The molecule has 0 amide bonds. The van der Waals surface area contributed by atoms with E-state index in [1.807, 2.05) is 30.3 Å². The van der Waals surface area contributed by atoms with Gasteiger partial charge in [-0.1, -0.05) is 35.5 Å². The largest absolute Gasteiger partial charge is 0.477 e. The molecule has 1 aliphatic rings. The topological polar surface area (TPSA) is 75.8 Å². The van der Waals surface area contributed by atoms with Gasteiger partial charge in [-0.05, 0) is 26.3 Å². The number of carbonyl (C=O) groups is 1. The highest BCUT2D eigenvalue weighted by Crippen LogP contribution is 2.32. The molecule has 3 rings (SSSR count). The summed E-state index contributed by atoms with van der Waals surface area (Å²) in [6.45, 7) is 7.44. The van der Waals surface area contributed by atoms with Gasteiger partial charge in [0.1, 0.15) is 17.0 Å². The van der Waals surface area contributed by atoms with Gasteiger partial charge in [-0.3, -0.25) is 4.90 Å². The summed E-state index contributed by atoms with van der Waals surface area (Å²) in [6.07, 6.45) is -0.0412. The Morgan fingerprint density at radius 2 is 2.08 bits per heavy atom. The minimum Gasteiger partial charge on any atom is -0.477 e. The molecular formula is C18H22N2O4. The van der Waals surface area contributed by atoms with E-state index in [2.05, 4.69) is 23.9 Å². The lowest BCUT2D eigenvalue weighted by Gasteiger charge is -2.45.